The summed E-state index contributed by atoms with van der Waals surface area (Å²) in [5, 5.41) is 28.9. The Kier molecular flexibility index (Phi) is 30.2. The maximum atomic E-state index is 12.5. The summed E-state index contributed by atoms with van der Waals surface area (Å²) in [5.41, 5.74) is -1.07. The van der Waals surface area contributed by atoms with E-state index in [-0.39, 0.29) is 115 Å². The molecule has 0 aromatic heterocycles. The molecule has 3 amide bonds. The van der Waals surface area contributed by atoms with Crippen molar-refractivity contribution in [3.05, 3.63) is 0 Å². The third kappa shape index (κ3) is 29.3. The third-order valence-electron chi connectivity index (χ3n) is 9.60. The molecule has 10 atom stereocenters. The number of hydrogen-bond acceptors (Lipinski definition) is 19. The first-order valence-electron chi connectivity index (χ1n) is 23.0. The van der Waals surface area contributed by atoms with E-state index in [4.69, 9.17) is 59.1 Å². The molecule has 2 rings (SSSR count). The number of aliphatic hydroxyl groups excluding tert-OH is 2. The minimum atomic E-state index is -4.51. The van der Waals surface area contributed by atoms with Crippen molar-refractivity contribution in [1.29, 1.82) is 0 Å². The maximum Gasteiger partial charge on any atom is 0.472 e. The van der Waals surface area contributed by atoms with Gasteiger partial charge >= 0.3 is 15.6 Å². The van der Waals surface area contributed by atoms with Crippen LogP contribution in [0.25, 0.3) is 0 Å². The number of hydrogen-bond donors (Lipinski definition) is 7. The number of nitrogens with one attached hydrogen (secondary N) is 3. The molecule has 68 heavy (non-hydrogen) atoms. The molecular formula is C41H78BN3O20P2S. The molecule has 0 saturated carbocycles. The molecule has 396 valence electrons. The van der Waals surface area contributed by atoms with E-state index >= 15 is 0 Å². The zero-order valence-corrected chi connectivity index (χ0v) is 43.3. The maximum absolute atomic E-state index is 12.5. The molecule has 0 spiro atoms. The second-order valence-electron chi connectivity index (χ2n) is 17.9. The molecule has 2 radical (unpaired) electrons. The van der Waals surface area contributed by atoms with Crippen molar-refractivity contribution in [2.24, 2.45) is 0 Å². The van der Waals surface area contributed by atoms with Gasteiger partial charge in [-0.15, -0.1) is 0 Å². The first-order valence-corrected chi connectivity index (χ1v) is 27.2. The molecule has 0 bridgehead atoms. The zero-order valence-electron chi connectivity index (χ0n) is 40.7. The fourth-order valence-electron chi connectivity index (χ4n) is 6.24. The van der Waals surface area contributed by atoms with E-state index in [2.05, 4.69) is 16.0 Å². The molecule has 4 unspecified atom stereocenters. The number of ether oxygens (including phenoxy) is 7. The summed E-state index contributed by atoms with van der Waals surface area (Å²) >= 11 is 1.31. The van der Waals surface area contributed by atoms with Gasteiger partial charge in [-0.05, 0) is 61.3 Å². The van der Waals surface area contributed by atoms with Gasteiger partial charge in [-0.25, -0.2) is 9.13 Å². The van der Waals surface area contributed by atoms with Crippen LogP contribution in [0.1, 0.15) is 87.0 Å². The van der Waals surface area contributed by atoms with Crippen LogP contribution in [0.15, 0.2) is 0 Å². The van der Waals surface area contributed by atoms with Crippen LogP contribution in [-0.4, -0.2) is 203 Å². The molecule has 0 aliphatic carbocycles. The third-order valence-corrected chi connectivity index (χ3v) is 12.6. The summed E-state index contributed by atoms with van der Waals surface area (Å²) in [6.45, 7) is 14.3. The molecule has 7 N–H and O–H groups in total. The van der Waals surface area contributed by atoms with E-state index in [1.54, 1.807) is 6.92 Å². The molecule has 0 aromatic carbocycles. The van der Waals surface area contributed by atoms with Crippen molar-refractivity contribution in [3.63, 3.8) is 0 Å². The van der Waals surface area contributed by atoms with E-state index in [9.17, 15) is 43.5 Å². The number of amides is 3. The summed E-state index contributed by atoms with van der Waals surface area (Å²) < 4.78 is 83.8. The predicted molar refractivity (Wildman–Crippen MR) is 250 cm³/mol. The molecular weight excluding hydrogens is 959 g/mol. The van der Waals surface area contributed by atoms with Gasteiger partial charge < -0.3 is 69.1 Å². The number of thioether (sulfide) groups is 1. The van der Waals surface area contributed by atoms with Crippen LogP contribution >= 0.6 is 27.4 Å². The molecule has 27 heteroatoms. The van der Waals surface area contributed by atoms with Crippen molar-refractivity contribution in [1.82, 2.24) is 16.0 Å². The number of carbonyl (C=O) groups is 3. The molecule has 2 aliphatic heterocycles. The molecule has 2 heterocycles. The van der Waals surface area contributed by atoms with E-state index in [0.29, 0.717) is 31.6 Å². The van der Waals surface area contributed by atoms with Gasteiger partial charge in [0.15, 0.2) is 0 Å². The van der Waals surface area contributed by atoms with Crippen LogP contribution in [0.4, 0.5) is 0 Å². The lowest BCUT2D eigenvalue weighted by atomic mass is 9.93. The number of carbonyl (C=O) groups excluding carboxylic acids is 3. The topological polar surface area (TPSA) is 304 Å². The second kappa shape index (κ2) is 32.7. The Labute approximate surface area is 406 Å². The zero-order chi connectivity index (χ0) is 50.8. The summed E-state index contributed by atoms with van der Waals surface area (Å²) in [4.78, 5) is 56.5. The van der Waals surface area contributed by atoms with Gasteiger partial charge in [0.25, 0.3) is 0 Å². The smallest absolute Gasteiger partial charge is 0.388 e. The van der Waals surface area contributed by atoms with Crippen LogP contribution in [0.2, 0.25) is 0 Å². The molecule has 23 nitrogen and oxygen atoms in total. The van der Waals surface area contributed by atoms with Crippen LogP contribution in [0.5, 0.6) is 0 Å². The number of rotatable bonds is 37. The standard InChI is InChI=1S/C41H78BN3O20P2S/c1-29-35(49)37(64-41(5,6)7)31(62-29)27-61-66(51,52)60-24-23-57-22-21-56-20-19-55-18-16-45-32(46)12-15-44-34(48)28-68-25-13-33(47)43-14-10-8-9-11-17-59-67(53,54)65-38-30(26-58-40(2,3)4)63-39(42)36(38)50/h29-31,35-39,49-50H,8-28H2,1-7H3,(H,43,47)(H,44,48)(H,45,46)(H,51,52)(H,53,54)/t29-,30+,31+,35+,36-,37?,38?,39+/m0/s1. The minimum Gasteiger partial charge on any atom is -0.388 e. The fraction of sp³-hybridized carbons (Fsp3) is 0.927. The number of phosphoric ester groups is 2. The van der Waals surface area contributed by atoms with Crippen molar-refractivity contribution in [2.45, 2.75) is 147 Å². The highest BCUT2D eigenvalue weighted by Gasteiger charge is 2.47. The average Bonchev–Trinajstić information content (AvgIpc) is 3.66. The Morgan fingerprint density at radius 1 is 0.632 bits per heavy atom. The van der Waals surface area contributed by atoms with Crippen molar-refractivity contribution >= 4 is 53.0 Å². The molecule has 2 fully saturated rings. The lowest BCUT2D eigenvalue weighted by Gasteiger charge is -2.29. The Morgan fingerprint density at radius 2 is 1.21 bits per heavy atom. The van der Waals surface area contributed by atoms with Gasteiger partial charge in [-0.2, -0.15) is 11.8 Å². The summed E-state index contributed by atoms with van der Waals surface area (Å²) in [5.74, 6) is -0.0335. The largest absolute Gasteiger partial charge is 0.472 e. The summed E-state index contributed by atoms with van der Waals surface area (Å²) in [6.07, 6.45) is -3.38. The highest BCUT2D eigenvalue weighted by molar-refractivity contribution is 7.99. The fourth-order valence-corrected chi connectivity index (χ4v) is 8.70. The van der Waals surface area contributed by atoms with Gasteiger partial charge in [0.1, 0.15) is 44.5 Å². The van der Waals surface area contributed by atoms with Crippen LogP contribution in [0, 0.1) is 0 Å². The highest BCUT2D eigenvalue weighted by atomic mass is 32.2. The lowest BCUT2D eigenvalue weighted by molar-refractivity contribution is -0.122. The molecule has 2 saturated heterocycles. The van der Waals surface area contributed by atoms with Gasteiger partial charge in [-0.1, -0.05) is 12.8 Å². The Bertz CT molecular complexity index is 1550. The average molecular weight is 1040 g/mol. The Hall–Kier alpha value is -1.32. The normalized spacial score (nSPS) is 24.9. The Morgan fingerprint density at radius 3 is 1.87 bits per heavy atom. The van der Waals surface area contributed by atoms with Gasteiger partial charge in [0.05, 0.1) is 89.1 Å². The summed E-state index contributed by atoms with van der Waals surface area (Å²) in [7, 11) is -3.17. The van der Waals surface area contributed by atoms with Gasteiger partial charge in [-0.3, -0.25) is 32.5 Å². The van der Waals surface area contributed by atoms with E-state index < -0.39 is 75.6 Å². The van der Waals surface area contributed by atoms with Gasteiger partial charge in [0, 0.05) is 44.2 Å². The first-order chi connectivity index (χ1) is 31.9. The van der Waals surface area contributed by atoms with Crippen molar-refractivity contribution in [3.8, 4) is 0 Å². The van der Waals surface area contributed by atoms with Crippen LogP contribution in [-0.2, 0) is 74.8 Å². The lowest BCUT2D eigenvalue weighted by Crippen LogP contribution is -2.41. The number of aliphatic hydroxyl groups is 2. The number of unbranched alkanes of at least 4 members (excludes halogenated alkanes) is 3. The summed E-state index contributed by atoms with van der Waals surface area (Å²) in [6, 6.07) is -1.10. The SMILES string of the molecule is [B][C@@H]1O[C@H](COC(C)(C)C)C(OP(=O)(O)OCCCCCCNC(=O)CCSCC(=O)NCCC(=O)NCCOCCOCCOCCOP(=O)(O)OC[C@H]2O[C@@H](C)[C@@H](O)C2OC(C)(C)C)[C@@H]1O. The molecule has 2 aliphatic rings. The quantitative estimate of drug-likeness (QED) is 0.0263. The minimum absolute atomic E-state index is 0.000168. The molecule has 0 aromatic rings. The first kappa shape index (κ1) is 62.8. The van der Waals surface area contributed by atoms with Crippen molar-refractivity contribution in [2.75, 3.05) is 97.2 Å². The highest BCUT2D eigenvalue weighted by Crippen LogP contribution is 2.47. The number of phosphoric acid groups is 2. The van der Waals surface area contributed by atoms with E-state index in [1.165, 1.54) is 11.8 Å². The van der Waals surface area contributed by atoms with Crippen LogP contribution < -0.4 is 16.0 Å². The van der Waals surface area contributed by atoms with E-state index in [1.807, 2.05) is 41.5 Å². The Balaban J connectivity index is 1.35. The van der Waals surface area contributed by atoms with Crippen molar-refractivity contribution < 1.29 is 94.8 Å². The van der Waals surface area contributed by atoms with Crippen LogP contribution in [0.3, 0.4) is 0 Å². The van der Waals surface area contributed by atoms with E-state index in [0.717, 1.165) is 6.42 Å². The second-order valence-corrected chi connectivity index (χ2v) is 21.9. The predicted octanol–water partition coefficient (Wildman–Crippen LogP) is 1.50. The monoisotopic (exact) mass is 1040 g/mol. The van der Waals surface area contributed by atoms with Gasteiger partial charge in [0.2, 0.25) is 17.7 Å².